The van der Waals surface area contributed by atoms with Gasteiger partial charge in [-0.15, -0.1) is 0 Å². The molecule has 0 amide bonds. The highest BCUT2D eigenvalue weighted by molar-refractivity contribution is 6.03. The van der Waals surface area contributed by atoms with Crippen molar-refractivity contribution in [3.8, 4) is 0 Å². The number of aromatic nitrogens is 1. The Kier molecular flexibility index (Phi) is 2.82. The van der Waals surface area contributed by atoms with Crippen LogP contribution in [-0.2, 0) is 0 Å². The summed E-state index contributed by atoms with van der Waals surface area (Å²) in [5.74, 6) is -0.496. The average molecular weight is 259 g/mol. The van der Waals surface area contributed by atoms with Crippen LogP contribution in [0.25, 0.3) is 5.52 Å². The quantitative estimate of drug-likeness (QED) is 0.509. The number of carbonyl (C=O) groups excluding carboxylic acids is 1. The number of fused-ring (bicyclic) bond motifs is 1. The van der Waals surface area contributed by atoms with E-state index in [4.69, 9.17) is 0 Å². The topological polar surface area (TPSA) is 73.7 Å². The molecule has 0 radical (unpaired) electrons. The first-order chi connectivity index (χ1) is 9.11. The molecule has 0 aliphatic carbocycles. The van der Waals surface area contributed by atoms with E-state index in [1.54, 1.807) is 18.3 Å². The minimum absolute atomic E-state index is 0.366. The van der Waals surface area contributed by atoms with Gasteiger partial charge in [0.1, 0.15) is 6.10 Å². The molecule has 0 spiro atoms. The SMILES string of the molecule is O=C(c1cc[n+]2ccccc2c1)C1(O)NCCC1O. The maximum Gasteiger partial charge on any atom is 0.212 e. The normalized spacial score (nSPS) is 26.7. The fraction of sp³-hybridized carbons (Fsp3) is 0.286. The van der Waals surface area contributed by atoms with Crippen LogP contribution in [0.1, 0.15) is 16.8 Å². The van der Waals surface area contributed by atoms with Crippen molar-refractivity contribution in [2.24, 2.45) is 0 Å². The molecular weight excluding hydrogens is 244 g/mol. The fourth-order valence-electron chi connectivity index (χ4n) is 2.41. The molecule has 1 aliphatic heterocycles. The molecule has 1 saturated heterocycles. The predicted molar refractivity (Wildman–Crippen MR) is 67.5 cm³/mol. The second-order valence-corrected chi connectivity index (χ2v) is 4.77. The van der Waals surface area contributed by atoms with Gasteiger partial charge in [-0.2, -0.15) is 4.40 Å². The highest BCUT2D eigenvalue weighted by atomic mass is 16.4. The number of rotatable bonds is 2. The molecule has 0 saturated carbocycles. The maximum atomic E-state index is 12.3. The van der Waals surface area contributed by atoms with Crippen molar-refractivity contribution in [3.63, 3.8) is 0 Å². The third-order valence-electron chi connectivity index (χ3n) is 3.54. The van der Waals surface area contributed by atoms with Gasteiger partial charge in [-0.05, 0) is 12.5 Å². The van der Waals surface area contributed by atoms with Gasteiger partial charge in [-0.25, -0.2) is 0 Å². The Bertz CT molecular complexity index is 643. The number of aliphatic hydroxyl groups is 2. The Labute approximate surface area is 110 Å². The largest absolute Gasteiger partial charge is 0.388 e. The van der Waals surface area contributed by atoms with E-state index in [0.29, 0.717) is 18.5 Å². The number of aliphatic hydroxyl groups excluding tert-OH is 1. The molecule has 2 aromatic heterocycles. The van der Waals surface area contributed by atoms with E-state index < -0.39 is 17.6 Å². The van der Waals surface area contributed by atoms with Crippen LogP contribution in [0.3, 0.4) is 0 Å². The number of hydrogen-bond donors (Lipinski definition) is 3. The summed E-state index contributed by atoms with van der Waals surface area (Å²) < 4.78 is 1.87. The van der Waals surface area contributed by atoms with Crippen LogP contribution in [0, 0.1) is 0 Å². The summed E-state index contributed by atoms with van der Waals surface area (Å²) in [7, 11) is 0. The van der Waals surface area contributed by atoms with Crippen molar-refractivity contribution in [3.05, 3.63) is 48.3 Å². The van der Waals surface area contributed by atoms with Crippen LogP contribution >= 0.6 is 0 Å². The molecule has 5 heteroatoms. The zero-order chi connectivity index (χ0) is 13.5. The molecule has 3 rings (SSSR count). The van der Waals surface area contributed by atoms with Crippen molar-refractivity contribution in [2.45, 2.75) is 18.2 Å². The van der Waals surface area contributed by atoms with Crippen molar-refractivity contribution in [1.29, 1.82) is 0 Å². The van der Waals surface area contributed by atoms with E-state index in [1.807, 2.05) is 28.8 Å². The summed E-state index contributed by atoms with van der Waals surface area (Å²) in [6.45, 7) is 0.422. The molecule has 2 aromatic rings. The highest BCUT2D eigenvalue weighted by Gasteiger charge is 2.47. The van der Waals surface area contributed by atoms with Gasteiger partial charge in [-0.3, -0.25) is 10.1 Å². The number of nitrogens with zero attached hydrogens (tertiary/aromatic N) is 1. The zero-order valence-electron chi connectivity index (χ0n) is 10.3. The lowest BCUT2D eigenvalue weighted by Crippen LogP contribution is -2.54. The fourth-order valence-corrected chi connectivity index (χ4v) is 2.41. The van der Waals surface area contributed by atoms with Crippen molar-refractivity contribution >= 4 is 11.3 Å². The summed E-state index contributed by atoms with van der Waals surface area (Å²) in [6.07, 6.45) is 2.93. The molecular formula is C14H15N2O3+. The number of hydrogen-bond acceptors (Lipinski definition) is 4. The Hall–Kier alpha value is -1.82. The summed E-state index contributed by atoms with van der Waals surface area (Å²) in [5, 5.41) is 22.7. The second kappa shape index (κ2) is 4.38. The molecule has 3 heterocycles. The van der Waals surface area contributed by atoms with Crippen molar-refractivity contribution in [1.82, 2.24) is 5.32 Å². The van der Waals surface area contributed by atoms with E-state index in [1.165, 1.54) is 0 Å². The molecule has 3 N–H and O–H groups in total. The molecule has 5 nitrogen and oxygen atoms in total. The van der Waals surface area contributed by atoms with E-state index in [-0.39, 0.29) is 0 Å². The van der Waals surface area contributed by atoms with E-state index in [0.717, 1.165) is 5.52 Å². The number of Topliss-reactive ketones (excluding diaryl/α,β-unsaturated/α-hetero) is 1. The summed E-state index contributed by atoms with van der Waals surface area (Å²) >= 11 is 0. The third kappa shape index (κ3) is 1.92. The van der Waals surface area contributed by atoms with Crippen LogP contribution in [0.4, 0.5) is 0 Å². The van der Waals surface area contributed by atoms with Gasteiger partial charge in [0.2, 0.25) is 17.0 Å². The van der Waals surface area contributed by atoms with Crippen LogP contribution in [0.2, 0.25) is 0 Å². The number of pyridine rings is 2. The molecule has 98 valence electrons. The summed E-state index contributed by atoms with van der Waals surface area (Å²) in [5.41, 5.74) is -0.640. The minimum atomic E-state index is -1.87. The van der Waals surface area contributed by atoms with Crippen LogP contribution in [0.15, 0.2) is 42.7 Å². The van der Waals surface area contributed by atoms with E-state index in [2.05, 4.69) is 5.32 Å². The maximum absolute atomic E-state index is 12.3. The zero-order valence-corrected chi connectivity index (χ0v) is 10.3. The van der Waals surface area contributed by atoms with Crippen molar-refractivity contribution in [2.75, 3.05) is 6.54 Å². The molecule has 1 fully saturated rings. The standard InChI is InChI=1S/C14H15N2O3/c17-12-4-6-15-14(12,19)13(18)10-5-8-16-7-2-1-3-11(16)9-10/h1-3,5,7-9,12,15,17,19H,4,6H2/q+1. The Morgan fingerprint density at radius 3 is 2.95 bits per heavy atom. The lowest BCUT2D eigenvalue weighted by molar-refractivity contribution is -0.512. The lowest BCUT2D eigenvalue weighted by Gasteiger charge is -2.24. The predicted octanol–water partition coefficient (Wildman–Crippen LogP) is -0.349. The van der Waals surface area contributed by atoms with Crippen LogP contribution in [-0.4, -0.2) is 34.4 Å². The lowest BCUT2D eigenvalue weighted by atomic mass is 9.97. The monoisotopic (exact) mass is 259 g/mol. The third-order valence-corrected chi connectivity index (χ3v) is 3.54. The van der Waals surface area contributed by atoms with Gasteiger partial charge < -0.3 is 10.2 Å². The van der Waals surface area contributed by atoms with Crippen LogP contribution < -0.4 is 9.72 Å². The first kappa shape index (κ1) is 12.2. The van der Waals surface area contributed by atoms with E-state index >= 15 is 0 Å². The summed E-state index contributed by atoms with van der Waals surface area (Å²) in [6, 6.07) is 8.98. The Morgan fingerprint density at radius 2 is 2.21 bits per heavy atom. The Morgan fingerprint density at radius 1 is 1.37 bits per heavy atom. The van der Waals surface area contributed by atoms with Gasteiger partial charge >= 0.3 is 0 Å². The van der Waals surface area contributed by atoms with Gasteiger partial charge in [0.15, 0.2) is 12.4 Å². The smallest absolute Gasteiger partial charge is 0.212 e. The van der Waals surface area contributed by atoms with Gasteiger partial charge in [0, 0.05) is 36.4 Å². The second-order valence-electron chi connectivity index (χ2n) is 4.77. The number of ketones is 1. The molecule has 2 atom stereocenters. The molecule has 1 aliphatic rings. The van der Waals surface area contributed by atoms with Gasteiger partial charge in [0.05, 0.1) is 0 Å². The van der Waals surface area contributed by atoms with Gasteiger partial charge in [0.25, 0.3) is 0 Å². The van der Waals surface area contributed by atoms with Crippen LogP contribution in [0.5, 0.6) is 0 Å². The number of nitrogens with one attached hydrogen (secondary N) is 1. The Balaban J connectivity index is 2.02. The molecule has 0 bridgehead atoms. The first-order valence-corrected chi connectivity index (χ1v) is 6.21. The number of carbonyl (C=O) groups is 1. The molecule has 19 heavy (non-hydrogen) atoms. The average Bonchev–Trinajstić information content (AvgIpc) is 2.78. The molecule has 2 unspecified atom stereocenters. The summed E-state index contributed by atoms with van der Waals surface area (Å²) in [4.78, 5) is 12.3. The van der Waals surface area contributed by atoms with Gasteiger partial charge in [-0.1, -0.05) is 0 Å². The first-order valence-electron chi connectivity index (χ1n) is 6.21. The minimum Gasteiger partial charge on any atom is -0.388 e. The van der Waals surface area contributed by atoms with Crippen molar-refractivity contribution < 1.29 is 19.4 Å². The molecule has 0 aromatic carbocycles. The van der Waals surface area contributed by atoms with E-state index in [9.17, 15) is 15.0 Å². The highest BCUT2D eigenvalue weighted by Crippen LogP contribution is 2.22.